The molecule has 9 heteroatoms. The van der Waals surface area contributed by atoms with Crippen molar-refractivity contribution in [3.8, 4) is 11.9 Å². The zero-order chi connectivity index (χ0) is 21.1. The fourth-order valence-corrected chi connectivity index (χ4v) is 3.44. The van der Waals surface area contributed by atoms with E-state index >= 15 is 0 Å². The van der Waals surface area contributed by atoms with E-state index in [0.717, 1.165) is 22.5 Å². The minimum atomic E-state index is -0.0673. The van der Waals surface area contributed by atoms with E-state index in [-0.39, 0.29) is 5.91 Å². The molecule has 0 unspecified atom stereocenters. The molecule has 30 heavy (non-hydrogen) atoms. The molecule has 0 saturated heterocycles. The second-order valence-corrected chi connectivity index (χ2v) is 6.88. The molecule has 0 atom stereocenters. The number of aryl methyl sites for hydroxylation is 2. The summed E-state index contributed by atoms with van der Waals surface area (Å²) in [7, 11) is 0. The van der Waals surface area contributed by atoms with Crippen LogP contribution in [0.15, 0.2) is 43.0 Å². The Labute approximate surface area is 173 Å². The molecular weight excluding hydrogens is 380 g/mol. The largest absolute Gasteiger partial charge is 0.352 e. The summed E-state index contributed by atoms with van der Waals surface area (Å²) in [6.07, 6.45) is 7.56. The van der Waals surface area contributed by atoms with Crippen LogP contribution in [0, 0.1) is 25.2 Å². The second-order valence-electron chi connectivity index (χ2n) is 6.88. The van der Waals surface area contributed by atoms with Crippen molar-refractivity contribution < 1.29 is 4.79 Å². The Morgan fingerprint density at radius 3 is 2.87 bits per heavy atom. The predicted molar refractivity (Wildman–Crippen MR) is 109 cm³/mol. The molecule has 4 heterocycles. The van der Waals surface area contributed by atoms with E-state index in [1.54, 1.807) is 21.6 Å². The smallest absolute Gasteiger partial charge is 0.220 e. The summed E-state index contributed by atoms with van der Waals surface area (Å²) in [5.74, 6) is 0.624. The third-order valence-corrected chi connectivity index (χ3v) is 5.00. The lowest BCUT2D eigenvalue weighted by Gasteiger charge is -2.12. The maximum atomic E-state index is 12.5. The highest BCUT2D eigenvalue weighted by atomic mass is 16.1. The van der Waals surface area contributed by atoms with Crippen molar-refractivity contribution in [3.05, 3.63) is 71.1 Å². The third kappa shape index (κ3) is 3.63. The van der Waals surface area contributed by atoms with E-state index in [9.17, 15) is 10.1 Å². The Kier molecular flexibility index (Phi) is 5.22. The van der Waals surface area contributed by atoms with E-state index in [4.69, 9.17) is 0 Å². The maximum absolute atomic E-state index is 12.5. The van der Waals surface area contributed by atoms with Gasteiger partial charge < -0.3 is 5.32 Å². The predicted octanol–water partition coefficient (Wildman–Crippen LogP) is 2.05. The first kappa shape index (κ1) is 19.3. The molecule has 0 aliphatic heterocycles. The van der Waals surface area contributed by atoms with Crippen LogP contribution in [-0.2, 0) is 17.8 Å². The molecule has 4 aromatic rings. The van der Waals surface area contributed by atoms with Crippen LogP contribution in [0.3, 0.4) is 0 Å². The van der Waals surface area contributed by atoms with Gasteiger partial charge in [0, 0.05) is 48.5 Å². The number of amides is 1. The summed E-state index contributed by atoms with van der Waals surface area (Å²) in [6, 6.07) is 7.68. The SMILES string of the molecule is Cc1nc2c(C#N)cnn2c(C)c1CCC(=O)NCc1cccnc1-n1cccn1. The van der Waals surface area contributed by atoms with Crippen molar-refractivity contribution in [2.24, 2.45) is 0 Å². The van der Waals surface area contributed by atoms with Gasteiger partial charge in [0.15, 0.2) is 11.5 Å². The summed E-state index contributed by atoms with van der Waals surface area (Å²) >= 11 is 0. The highest BCUT2D eigenvalue weighted by molar-refractivity contribution is 5.76. The van der Waals surface area contributed by atoms with E-state index in [0.29, 0.717) is 36.4 Å². The van der Waals surface area contributed by atoms with Gasteiger partial charge in [0.1, 0.15) is 11.6 Å². The number of hydrogen-bond acceptors (Lipinski definition) is 6. The molecule has 0 radical (unpaired) electrons. The molecule has 4 rings (SSSR count). The van der Waals surface area contributed by atoms with Gasteiger partial charge >= 0.3 is 0 Å². The molecule has 1 N–H and O–H groups in total. The topological polar surface area (TPSA) is 114 Å². The minimum absolute atomic E-state index is 0.0673. The average Bonchev–Trinajstić information content (AvgIpc) is 3.42. The lowest BCUT2D eigenvalue weighted by atomic mass is 10.1. The van der Waals surface area contributed by atoms with Gasteiger partial charge in [0.2, 0.25) is 5.91 Å². The Balaban J connectivity index is 1.44. The van der Waals surface area contributed by atoms with Crippen molar-refractivity contribution in [2.45, 2.75) is 33.2 Å². The Bertz CT molecular complexity index is 1250. The molecule has 0 saturated carbocycles. The molecule has 0 aliphatic rings. The second kappa shape index (κ2) is 8.13. The molecule has 0 aliphatic carbocycles. The van der Waals surface area contributed by atoms with Gasteiger partial charge in [-0.25, -0.2) is 19.2 Å². The van der Waals surface area contributed by atoms with Gasteiger partial charge in [-0.15, -0.1) is 0 Å². The molecule has 150 valence electrons. The fourth-order valence-electron chi connectivity index (χ4n) is 3.44. The van der Waals surface area contributed by atoms with Crippen molar-refractivity contribution in [2.75, 3.05) is 0 Å². The highest BCUT2D eigenvalue weighted by Gasteiger charge is 2.15. The molecule has 0 spiro atoms. The number of nitriles is 1. The Morgan fingerprint density at radius 1 is 1.23 bits per heavy atom. The monoisotopic (exact) mass is 400 g/mol. The lowest BCUT2D eigenvalue weighted by molar-refractivity contribution is -0.121. The van der Waals surface area contributed by atoms with Crippen LogP contribution >= 0.6 is 0 Å². The number of rotatable bonds is 6. The Hall–Kier alpha value is -4.06. The van der Waals surface area contributed by atoms with Gasteiger partial charge in [0.05, 0.1) is 6.20 Å². The number of pyridine rings is 1. The standard InChI is InChI=1S/C21H20N8O/c1-14-18(15(2)29-21(27-14)17(11-22)13-26-29)6-7-19(30)24-12-16-5-3-8-23-20(16)28-10-4-9-25-28/h3-5,8-10,13H,6-7,12H2,1-2H3,(H,24,30). The van der Waals surface area contributed by atoms with Crippen LogP contribution in [0.25, 0.3) is 11.5 Å². The van der Waals surface area contributed by atoms with E-state index in [1.807, 2.05) is 38.2 Å². The van der Waals surface area contributed by atoms with Crippen molar-refractivity contribution >= 4 is 11.6 Å². The molecular formula is C21H20N8O. The lowest BCUT2D eigenvalue weighted by Crippen LogP contribution is -2.24. The molecule has 4 aromatic heterocycles. The van der Waals surface area contributed by atoms with Gasteiger partial charge in [-0.05, 0) is 38.0 Å². The summed E-state index contributed by atoms with van der Waals surface area (Å²) in [5, 5.41) is 20.6. The quantitative estimate of drug-likeness (QED) is 0.530. The van der Waals surface area contributed by atoms with Crippen LogP contribution in [0.1, 0.15) is 34.5 Å². The molecule has 9 nitrogen and oxygen atoms in total. The first-order chi connectivity index (χ1) is 14.6. The Morgan fingerprint density at radius 2 is 2.10 bits per heavy atom. The van der Waals surface area contributed by atoms with Crippen LogP contribution in [0.5, 0.6) is 0 Å². The van der Waals surface area contributed by atoms with Crippen LogP contribution in [0.4, 0.5) is 0 Å². The third-order valence-electron chi connectivity index (χ3n) is 5.00. The van der Waals surface area contributed by atoms with E-state index < -0.39 is 0 Å². The zero-order valence-corrected chi connectivity index (χ0v) is 16.7. The normalized spacial score (nSPS) is 10.8. The summed E-state index contributed by atoms with van der Waals surface area (Å²) in [6.45, 7) is 4.18. The average molecular weight is 400 g/mol. The van der Waals surface area contributed by atoms with Gasteiger partial charge in [-0.2, -0.15) is 15.5 Å². The first-order valence-electron chi connectivity index (χ1n) is 9.53. The van der Waals surface area contributed by atoms with Gasteiger partial charge in [-0.3, -0.25) is 4.79 Å². The van der Waals surface area contributed by atoms with Crippen molar-refractivity contribution in [1.29, 1.82) is 5.26 Å². The number of nitrogens with zero attached hydrogens (tertiary/aromatic N) is 7. The number of hydrogen-bond donors (Lipinski definition) is 1. The number of fused-ring (bicyclic) bond motifs is 1. The van der Waals surface area contributed by atoms with Crippen molar-refractivity contribution in [1.82, 2.24) is 34.7 Å². The summed E-state index contributed by atoms with van der Waals surface area (Å²) in [5.41, 5.74) is 4.52. The highest BCUT2D eigenvalue weighted by Crippen LogP contribution is 2.18. The van der Waals surface area contributed by atoms with Crippen LogP contribution in [-0.4, -0.2) is 35.3 Å². The number of nitrogens with one attached hydrogen (secondary N) is 1. The molecule has 0 fully saturated rings. The van der Waals surface area contributed by atoms with Crippen LogP contribution in [0.2, 0.25) is 0 Å². The zero-order valence-electron chi connectivity index (χ0n) is 16.7. The minimum Gasteiger partial charge on any atom is -0.352 e. The summed E-state index contributed by atoms with van der Waals surface area (Å²) in [4.78, 5) is 21.4. The first-order valence-corrected chi connectivity index (χ1v) is 9.53. The number of carbonyl (C=O) groups excluding carboxylic acids is 1. The molecule has 0 bridgehead atoms. The van der Waals surface area contributed by atoms with E-state index in [1.165, 1.54) is 6.20 Å². The van der Waals surface area contributed by atoms with Gasteiger partial charge in [0.25, 0.3) is 0 Å². The maximum Gasteiger partial charge on any atom is 0.220 e. The van der Waals surface area contributed by atoms with Crippen LogP contribution < -0.4 is 5.32 Å². The van der Waals surface area contributed by atoms with Gasteiger partial charge in [-0.1, -0.05) is 6.07 Å². The molecule has 1 amide bonds. The summed E-state index contributed by atoms with van der Waals surface area (Å²) < 4.78 is 3.33. The number of carbonyl (C=O) groups is 1. The fraction of sp³-hybridized carbons (Fsp3) is 0.238. The number of aromatic nitrogens is 6. The molecule has 0 aromatic carbocycles. The van der Waals surface area contributed by atoms with E-state index in [2.05, 4.69) is 31.6 Å². The van der Waals surface area contributed by atoms with Crippen molar-refractivity contribution in [3.63, 3.8) is 0 Å².